The van der Waals surface area contributed by atoms with Gasteiger partial charge in [-0.15, -0.1) is 0 Å². The first-order valence-electron chi connectivity index (χ1n) is 3.38. The first-order valence-corrected chi connectivity index (χ1v) is 3.38. The van der Waals surface area contributed by atoms with Crippen LogP contribution in [0.15, 0.2) is 0 Å². The van der Waals surface area contributed by atoms with Crippen molar-refractivity contribution < 1.29 is 14.6 Å². The van der Waals surface area contributed by atoms with E-state index < -0.39 is 12.0 Å². The van der Waals surface area contributed by atoms with Gasteiger partial charge in [0.05, 0.1) is 13.7 Å². The zero-order chi connectivity index (χ0) is 8.69. The Kier molecular flexibility index (Phi) is 5.73. The highest BCUT2D eigenvalue weighted by Crippen LogP contribution is 1.83. The normalized spacial score (nSPS) is 12.6. The number of hydrogen-bond donors (Lipinski definition) is 3. The van der Waals surface area contributed by atoms with E-state index in [0.29, 0.717) is 6.54 Å². The number of aliphatic hydroxyl groups is 1. The molecule has 0 aromatic carbocycles. The number of ether oxygens (including phenoxy) is 1. The standard InChI is InChI=1S/C6H14N2O3/c1-11-6(10)5(4-7)8-2-3-9/h5,8-9H,2-4,7H2,1H3. The number of carbonyl (C=O) groups is 1. The molecule has 0 bridgehead atoms. The van der Waals surface area contributed by atoms with Crippen molar-refractivity contribution in [1.82, 2.24) is 5.32 Å². The minimum absolute atomic E-state index is 0.0203. The van der Waals surface area contributed by atoms with Gasteiger partial charge in [-0.3, -0.25) is 4.79 Å². The van der Waals surface area contributed by atoms with Crippen LogP contribution in [0.5, 0.6) is 0 Å². The number of nitrogens with two attached hydrogens (primary N) is 1. The van der Waals surface area contributed by atoms with Gasteiger partial charge in [-0.05, 0) is 0 Å². The fraction of sp³-hybridized carbons (Fsp3) is 0.833. The van der Waals surface area contributed by atoms with Crippen LogP contribution in [0, 0.1) is 0 Å². The van der Waals surface area contributed by atoms with Crippen molar-refractivity contribution in [2.24, 2.45) is 5.73 Å². The summed E-state index contributed by atoms with van der Waals surface area (Å²) in [5, 5.41) is 11.1. The Morgan fingerprint density at radius 3 is 2.82 bits per heavy atom. The van der Waals surface area contributed by atoms with Gasteiger partial charge < -0.3 is 20.9 Å². The molecule has 0 spiro atoms. The Hall–Kier alpha value is -0.650. The van der Waals surface area contributed by atoms with Crippen molar-refractivity contribution in [1.29, 1.82) is 0 Å². The Morgan fingerprint density at radius 2 is 2.45 bits per heavy atom. The van der Waals surface area contributed by atoms with Crippen molar-refractivity contribution in [2.45, 2.75) is 6.04 Å². The van der Waals surface area contributed by atoms with Crippen molar-refractivity contribution in [3.63, 3.8) is 0 Å². The molecule has 0 heterocycles. The number of esters is 1. The van der Waals surface area contributed by atoms with Gasteiger partial charge in [0.2, 0.25) is 0 Å². The van der Waals surface area contributed by atoms with E-state index in [4.69, 9.17) is 10.8 Å². The van der Waals surface area contributed by atoms with E-state index >= 15 is 0 Å². The summed E-state index contributed by atoms with van der Waals surface area (Å²) in [5.41, 5.74) is 5.25. The number of methoxy groups -OCH3 is 1. The fourth-order valence-electron chi connectivity index (χ4n) is 0.644. The third-order valence-electron chi connectivity index (χ3n) is 1.22. The topological polar surface area (TPSA) is 84.6 Å². The summed E-state index contributed by atoms with van der Waals surface area (Å²) in [7, 11) is 1.30. The second kappa shape index (κ2) is 6.09. The highest BCUT2D eigenvalue weighted by molar-refractivity contribution is 5.75. The Labute approximate surface area is 65.5 Å². The second-order valence-electron chi connectivity index (χ2n) is 1.99. The van der Waals surface area contributed by atoms with Crippen LogP contribution < -0.4 is 11.1 Å². The van der Waals surface area contributed by atoms with Crippen LogP contribution in [0.25, 0.3) is 0 Å². The number of hydrogen-bond acceptors (Lipinski definition) is 5. The van der Waals surface area contributed by atoms with Crippen LogP contribution in [-0.2, 0) is 9.53 Å². The fourth-order valence-corrected chi connectivity index (χ4v) is 0.644. The number of aliphatic hydroxyl groups excluding tert-OH is 1. The second-order valence-corrected chi connectivity index (χ2v) is 1.99. The van der Waals surface area contributed by atoms with Crippen LogP contribution in [0.2, 0.25) is 0 Å². The van der Waals surface area contributed by atoms with E-state index in [1.807, 2.05) is 0 Å². The van der Waals surface area contributed by atoms with E-state index in [1.165, 1.54) is 7.11 Å². The molecule has 0 fully saturated rings. The number of nitrogens with one attached hydrogen (secondary N) is 1. The molecule has 0 saturated heterocycles. The number of carbonyl (C=O) groups excluding carboxylic acids is 1. The monoisotopic (exact) mass is 162 g/mol. The molecule has 5 heteroatoms. The highest BCUT2D eigenvalue weighted by Gasteiger charge is 2.14. The summed E-state index contributed by atoms with van der Waals surface area (Å²) in [5.74, 6) is -0.402. The van der Waals surface area contributed by atoms with E-state index in [2.05, 4.69) is 10.1 Å². The lowest BCUT2D eigenvalue weighted by atomic mass is 10.3. The summed E-state index contributed by atoms with van der Waals surface area (Å²) in [6.45, 7) is 0.497. The largest absolute Gasteiger partial charge is 0.468 e. The van der Waals surface area contributed by atoms with Crippen LogP contribution in [0.4, 0.5) is 0 Å². The van der Waals surface area contributed by atoms with Gasteiger partial charge in [-0.1, -0.05) is 0 Å². The van der Waals surface area contributed by atoms with Gasteiger partial charge in [0.25, 0.3) is 0 Å². The molecule has 0 aliphatic carbocycles. The van der Waals surface area contributed by atoms with Crippen molar-refractivity contribution in [2.75, 3.05) is 26.8 Å². The van der Waals surface area contributed by atoms with Gasteiger partial charge in [-0.25, -0.2) is 0 Å². The number of rotatable bonds is 5. The first kappa shape index (κ1) is 10.3. The van der Waals surface area contributed by atoms with E-state index in [-0.39, 0.29) is 13.2 Å². The molecular weight excluding hydrogens is 148 g/mol. The van der Waals surface area contributed by atoms with Gasteiger partial charge in [0, 0.05) is 13.1 Å². The molecule has 0 aromatic heterocycles. The molecule has 0 aliphatic rings. The maximum atomic E-state index is 10.8. The molecule has 66 valence electrons. The summed E-state index contributed by atoms with van der Waals surface area (Å²) in [6, 6.07) is -0.507. The average Bonchev–Trinajstić information content (AvgIpc) is 2.05. The van der Waals surface area contributed by atoms with Crippen LogP contribution in [0.3, 0.4) is 0 Å². The molecule has 5 nitrogen and oxygen atoms in total. The quantitative estimate of drug-likeness (QED) is 0.410. The average molecular weight is 162 g/mol. The van der Waals surface area contributed by atoms with Crippen molar-refractivity contribution >= 4 is 5.97 Å². The summed E-state index contributed by atoms with van der Waals surface area (Å²) in [4.78, 5) is 10.8. The molecule has 0 saturated carbocycles. The van der Waals surface area contributed by atoms with Crippen LogP contribution in [0.1, 0.15) is 0 Å². The minimum Gasteiger partial charge on any atom is -0.468 e. The maximum Gasteiger partial charge on any atom is 0.324 e. The molecule has 1 atom stereocenters. The lowest BCUT2D eigenvalue weighted by Crippen LogP contribution is -2.44. The predicted molar refractivity (Wildman–Crippen MR) is 39.9 cm³/mol. The zero-order valence-corrected chi connectivity index (χ0v) is 6.54. The van der Waals surface area contributed by atoms with Crippen LogP contribution in [-0.4, -0.2) is 43.9 Å². The summed E-state index contributed by atoms with van der Waals surface area (Å²) in [6.07, 6.45) is 0. The molecule has 0 aromatic rings. The molecule has 0 rings (SSSR count). The SMILES string of the molecule is COC(=O)C(CN)NCCO. The molecule has 0 radical (unpaired) electrons. The molecule has 0 amide bonds. The third-order valence-corrected chi connectivity index (χ3v) is 1.22. The van der Waals surface area contributed by atoms with Crippen LogP contribution >= 0.6 is 0 Å². The predicted octanol–water partition coefficient (Wildman–Crippen LogP) is -1.93. The Balaban J connectivity index is 3.65. The lowest BCUT2D eigenvalue weighted by molar-refractivity contribution is -0.142. The van der Waals surface area contributed by atoms with Gasteiger partial charge in [0.15, 0.2) is 0 Å². The zero-order valence-electron chi connectivity index (χ0n) is 6.54. The van der Waals surface area contributed by atoms with Gasteiger partial charge >= 0.3 is 5.97 Å². The van der Waals surface area contributed by atoms with Crippen molar-refractivity contribution in [3.05, 3.63) is 0 Å². The van der Waals surface area contributed by atoms with Crippen molar-refractivity contribution in [3.8, 4) is 0 Å². The van der Waals surface area contributed by atoms with E-state index in [9.17, 15) is 4.79 Å². The molecule has 11 heavy (non-hydrogen) atoms. The summed E-state index contributed by atoms with van der Waals surface area (Å²) >= 11 is 0. The van der Waals surface area contributed by atoms with E-state index in [1.54, 1.807) is 0 Å². The molecule has 4 N–H and O–H groups in total. The molecule has 0 aliphatic heterocycles. The van der Waals surface area contributed by atoms with E-state index in [0.717, 1.165) is 0 Å². The molecular formula is C6H14N2O3. The van der Waals surface area contributed by atoms with Gasteiger partial charge in [-0.2, -0.15) is 0 Å². The highest BCUT2D eigenvalue weighted by atomic mass is 16.5. The third kappa shape index (κ3) is 3.92. The molecule has 1 unspecified atom stereocenters. The Morgan fingerprint density at radius 1 is 1.82 bits per heavy atom. The minimum atomic E-state index is -0.507. The first-order chi connectivity index (χ1) is 5.26. The lowest BCUT2D eigenvalue weighted by Gasteiger charge is -2.12. The van der Waals surface area contributed by atoms with Gasteiger partial charge in [0.1, 0.15) is 6.04 Å². The maximum absolute atomic E-state index is 10.8. The Bertz CT molecular complexity index is 118. The smallest absolute Gasteiger partial charge is 0.324 e. The summed E-state index contributed by atoms with van der Waals surface area (Å²) < 4.78 is 4.44.